The average Bonchev–Trinajstić information content (AvgIpc) is 2.72. The highest BCUT2D eigenvalue weighted by Crippen LogP contribution is 2.36. The van der Waals surface area contributed by atoms with Crippen LogP contribution in [0.3, 0.4) is 0 Å². The number of nitrogens with zero attached hydrogens (tertiary/aromatic N) is 1. The summed E-state index contributed by atoms with van der Waals surface area (Å²) in [7, 11) is 0. The van der Waals surface area contributed by atoms with E-state index < -0.39 is 0 Å². The van der Waals surface area contributed by atoms with Crippen molar-refractivity contribution < 1.29 is 13.9 Å². The molecule has 1 aliphatic heterocycles. The SMILES string of the molecule is O=C(CC1COc2cc(F)ccc2N1Cc1ccccc1)NC1CCCCCCC1. The van der Waals surface area contributed by atoms with Gasteiger partial charge in [-0.2, -0.15) is 0 Å². The fourth-order valence-corrected chi connectivity index (χ4v) is 4.58. The average molecular weight is 411 g/mol. The Morgan fingerprint density at radius 3 is 2.53 bits per heavy atom. The number of anilines is 1. The summed E-state index contributed by atoms with van der Waals surface area (Å²) in [5.41, 5.74) is 2.00. The number of hydrogen-bond acceptors (Lipinski definition) is 3. The van der Waals surface area contributed by atoms with Crippen molar-refractivity contribution in [1.29, 1.82) is 0 Å². The smallest absolute Gasteiger partial charge is 0.222 e. The molecular formula is C25H31FN2O2. The van der Waals surface area contributed by atoms with E-state index in [1.807, 2.05) is 18.2 Å². The lowest BCUT2D eigenvalue weighted by molar-refractivity contribution is -0.122. The molecule has 0 spiro atoms. The van der Waals surface area contributed by atoms with Crippen LogP contribution in [0.15, 0.2) is 48.5 Å². The predicted octanol–water partition coefficient (Wildman–Crippen LogP) is 5.21. The van der Waals surface area contributed by atoms with Gasteiger partial charge in [-0.25, -0.2) is 4.39 Å². The topological polar surface area (TPSA) is 41.6 Å². The maximum absolute atomic E-state index is 13.7. The molecule has 0 bridgehead atoms. The number of rotatable bonds is 5. The molecule has 4 rings (SSSR count). The number of carbonyl (C=O) groups excluding carboxylic acids is 1. The van der Waals surface area contributed by atoms with Crippen LogP contribution in [0.2, 0.25) is 0 Å². The van der Waals surface area contributed by atoms with Crippen LogP contribution in [-0.4, -0.2) is 24.6 Å². The minimum Gasteiger partial charge on any atom is -0.489 e. The maximum atomic E-state index is 13.7. The molecule has 0 radical (unpaired) electrons. The van der Waals surface area contributed by atoms with Crippen LogP contribution in [0.1, 0.15) is 56.9 Å². The molecule has 1 saturated carbocycles. The minimum absolute atomic E-state index is 0.0813. The van der Waals surface area contributed by atoms with E-state index in [2.05, 4.69) is 22.3 Å². The van der Waals surface area contributed by atoms with Crippen molar-refractivity contribution in [3.63, 3.8) is 0 Å². The number of halogens is 1. The zero-order valence-corrected chi connectivity index (χ0v) is 17.5. The summed E-state index contributed by atoms with van der Waals surface area (Å²) in [6, 6.07) is 15.0. The highest BCUT2D eigenvalue weighted by molar-refractivity contribution is 5.78. The largest absolute Gasteiger partial charge is 0.489 e. The van der Waals surface area contributed by atoms with E-state index >= 15 is 0 Å². The first-order valence-electron chi connectivity index (χ1n) is 11.2. The predicted molar refractivity (Wildman–Crippen MR) is 117 cm³/mol. The third kappa shape index (κ3) is 5.32. The van der Waals surface area contributed by atoms with Crippen LogP contribution in [0.25, 0.3) is 0 Å². The van der Waals surface area contributed by atoms with Crippen molar-refractivity contribution in [2.24, 2.45) is 0 Å². The van der Waals surface area contributed by atoms with Crippen LogP contribution in [0.5, 0.6) is 5.75 Å². The molecule has 1 unspecified atom stereocenters. The van der Waals surface area contributed by atoms with Gasteiger partial charge in [0.15, 0.2) is 0 Å². The van der Waals surface area contributed by atoms with E-state index in [1.54, 1.807) is 6.07 Å². The van der Waals surface area contributed by atoms with Crippen LogP contribution >= 0.6 is 0 Å². The summed E-state index contributed by atoms with van der Waals surface area (Å²) in [4.78, 5) is 15.1. The number of benzene rings is 2. The van der Waals surface area contributed by atoms with Gasteiger partial charge < -0.3 is 15.0 Å². The van der Waals surface area contributed by atoms with Gasteiger partial charge in [0.2, 0.25) is 5.91 Å². The van der Waals surface area contributed by atoms with Crippen molar-refractivity contribution in [3.05, 3.63) is 59.9 Å². The molecule has 30 heavy (non-hydrogen) atoms. The number of carbonyl (C=O) groups is 1. The molecular weight excluding hydrogens is 379 g/mol. The third-order valence-electron chi connectivity index (χ3n) is 6.19. The lowest BCUT2D eigenvalue weighted by Crippen LogP contribution is -2.47. The zero-order chi connectivity index (χ0) is 20.8. The lowest BCUT2D eigenvalue weighted by Gasteiger charge is -2.38. The number of nitrogens with one attached hydrogen (secondary N) is 1. The molecule has 1 heterocycles. The first-order valence-corrected chi connectivity index (χ1v) is 11.2. The second-order valence-corrected chi connectivity index (χ2v) is 8.50. The zero-order valence-electron chi connectivity index (χ0n) is 17.5. The van der Waals surface area contributed by atoms with Crippen molar-refractivity contribution in [1.82, 2.24) is 5.32 Å². The Labute approximate surface area is 178 Å². The van der Waals surface area contributed by atoms with Crippen molar-refractivity contribution in [2.45, 2.75) is 70.0 Å². The molecule has 2 aliphatic rings. The fraction of sp³-hybridized carbons (Fsp3) is 0.480. The summed E-state index contributed by atoms with van der Waals surface area (Å²) >= 11 is 0. The van der Waals surface area contributed by atoms with Gasteiger partial charge in [-0.05, 0) is 30.5 Å². The summed E-state index contributed by atoms with van der Waals surface area (Å²) < 4.78 is 19.6. The van der Waals surface area contributed by atoms with Gasteiger partial charge >= 0.3 is 0 Å². The normalized spacial score (nSPS) is 19.9. The summed E-state index contributed by atoms with van der Waals surface area (Å²) in [6.07, 6.45) is 8.75. The molecule has 1 aliphatic carbocycles. The Morgan fingerprint density at radius 1 is 1.03 bits per heavy atom. The lowest BCUT2D eigenvalue weighted by atomic mass is 9.96. The monoisotopic (exact) mass is 410 g/mol. The van der Waals surface area contributed by atoms with E-state index in [0.717, 1.165) is 24.1 Å². The van der Waals surface area contributed by atoms with Crippen molar-refractivity contribution in [2.75, 3.05) is 11.5 Å². The van der Waals surface area contributed by atoms with Crippen molar-refractivity contribution >= 4 is 11.6 Å². The number of ether oxygens (including phenoxy) is 1. The molecule has 1 N–H and O–H groups in total. The Kier molecular flexibility index (Phi) is 6.88. The summed E-state index contributed by atoms with van der Waals surface area (Å²) in [5, 5.41) is 3.27. The quantitative estimate of drug-likeness (QED) is 0.735. The standard InChI is InChI=1S/C25H31FN2O2/c26-20-13-14-23-24(15-20)30-18-22(28(23)17-19-9-5-4-6-10-19)16-25(29)27-21-11-7-2-1-3-8-12-21/h4-6,9-10,13-15,21-22H,1-3,7-8,11-12,16-18H2,(H,27,29). The van der Waals surface area contributed by atoms with Gasteiger partial charge in [0, 0.05) is 18.7 Å². The van der Waals surface area contributed by atoms with E-state index in [1.165, 1.54) is 44.2 Å². The van der Waals surface area contributed by atoms with E-state index in [9.17, 15) is 9.18 Å². The molecule has 4 nitrogen and oxygen atoms in total. The van der Waals surface area contributed by atoms with E-state index in [4.69, 9.17) is 4.74 Å². The van der Waals surface area contributed by atoms with Gasteiger partial charge in [-0.15, -0.1) is 0 Å². The summed E-state index contributed by atoms with van der Waals surface area (Å²) in [5.74, 6) is 0.314. The first kappa shape index (κ1) is 20.7. The Morgan fingerprint density at radius 2 is 1.77 bits per heavy atom. The second-order valence-electron chi connectivity index (χ2n) is 8.50. The van der Waals surface area contributed by atoms with Crippen LogP contribution in [-0.2, 0) is 11.3 Å². The molecule has 2 aromatic rings. The van der Waals surface area contributed by atoms with Crippen LogP contribution in [0.4, 0.5) is 10.1 Å². The van der Waals surface area contributed by atoms with Gasteiger partial charge in [-0.1, -0.05) is 62.4 Å². The van der Waals surface area contributed by atoms with Crippen molar-refractivity contribution in [3.8, 4) is 5.75 Å². The molecule has 1 fully saturated rings. The second kappa shape index (κ2) is 9.96. The van der Waals surface area contributed by atoms with Crippen LogP contribution in [0, 0.1) is 5.82 Å². The van der Waals surface area contributed by atoms with Gasteiger partial charge in [0.1, 0.15) is 18.2 Å². The number of hydrogen-bond donors (Lipinski definition) is 1. The van der Waals surface area contributed by atoms with Crippen LogP contribution < -0.4 is 15.0 Å². The molecule has 1 atom stereocenters. The highest BCUT2D eigenvalue weighted by atomic mass is 19.1. The third-order valence-corrected chi connectivity index (χ3v) is 6.19. The molecule has 0 saturated heterocycles. The Hall–Kier alpha value is -2.56. The van der Waals surface area contributed by atoms with E-state index in [0.29, 0.717) is 25.3 Å². The van der Waals surface area contributed by atoms with Gasteiger partial charge in [0.25, 0.3) is 0 Å². The Balaban J connectivity index is 1.47. The molecule has 160 valence electrons. The highest BCUT2D eigenvalue weighted by Gasteiger charge is 2.30. The minimum atomic E-state index is -0.311. The first-order chi connectivity index (χ1) is 14.7. The molecule has 2 aromatic carbocycles. The number of fused-ring (bicyclic) bond motifs is 1. The van der Waals surface area contributed by atoms with Gasteiger partial charge in [0.05, 0.1) is 18.2 Å². The maximum Gasteiger partial charge on any atom is 0.222 e. The molecule has 0 aromatic heterocycles. The van der Waals surface area contributed by atoms with Gasteiger partial charge in [-0.3, -0.25) is 4.79 Å². The summed E-state index contributed by atoms with van der Waals surface area (Å²) in [6.45, 7) is 1.03. The fourth-order valence-electron chi connectivity index (χ4n) is 4.58. The molecule has 1 amide bonds. The molecule has 5 heteroatoms. The van der Waals surface area contributed by atoms with E-state index in [-0.39, 0.29) is 23.8 Å². The Bertz CT molecular complexity index is 834. The number of amides is 1.